The average Bonchev–Trinajstić information content (AvgIpc) is 3.20. The van der Waals surface area contributed by atoms with Crippen LogP contribution >= 0.6 is 0 Å². The topological polar surface area (TPSA) is 27.8 Å². The van der Waals surface area contributed by atoms with Crippen LogP contribution < -0.4 is 5.32 Å². The van der Waals surface area contributed by atoms with Crippen molar-refractivity contribution < 1.29 is 0 Å². The number of hydrogen-bond donors (Lipinski definition) is 2. The molecule has 2 nitrogen and oxygen atoms in total. The molecule has 2 N–H and O–H groups in total. The van der Waals surface area contributed by atoms with E-state index < -0.39 is 0 Å². The molecular weight excluding hydrogens is 268 g/mol. The fourth-order valence-electron chi connectivity index (χ4n) is 3.74. The monoisotopic (exact) mass is 290 g/mol. The van der Waals surface area contributed by atoms with Crippen LogP contribution in [0.4, 0.5) is 0 Å². The van der Waals surface area contributed by atoms with Crippen molar-refractivity contribution in [3.05, 3.63) is 71.9 Å². The first-order chi connectivity index (χ1) is 10.9. The van der Waals surface area contributed by atoms with Gasteiger partial charge in [-0.3, -0.25) is 0 Å². The van der Waals surface area contributed by atoms with Gasteiger partial charge in [0, 0.05) is 29.7 Å². The SMILES string of the molecule is c1ccc(CN[C@H]2CC[C@@H](c3c[nH]c4ccccc34)C2)cc1. The fraction of sp³-hybridized carbons (Fsp3) is 0.300. The summed E-state index contributed by atoms with van der Waals surface area (Å²) in [6.07, 6.45) is 6.02. The Bertz CT molecular complexity index is 745. The first-order valence-corrected chi connectivity index (χ1v) is 8.23. The van der Waals surface area contributed by atoms with Crippen LogP contribution in [0, 0.1) is 0 Å². The highest BCUT2D eigenvalue weighted by atomic mass is 14.9. The van der Waals surface area contributed by atoms with Gasteiger partial charge in [-0.15, -0.1) is 0 Å². The molecule has 1 aliphatic rings. The van der Waals surface area contributed by atoms with Gasteiger partial charge < -0.3 is 10.3 Å². The molecule has 112 valence electrons. The van der Waals surface area contributed by atoms with Gasteiger partial charge in [0.05, 0.1) is 0 Å². The van der Waals surface area contributed by atoms with E-state index in [0.29, 0.717) is 12.0 Å². The van der Waals surface area contributed by atoms with E-state index in [2.05, 4.69) is 71.1 Å². The fourth-order valence-corrected chi connectivity index (χ4v) is 3.74. The molecular formula is C20H22N2. The van der Waals surface area contributed by atoms with Crippen molar-refractivity contribution in [2.24, 2.45) is 0 Å². The molecule has 1 fully saturated rings. The minimum atomic E-state index is 0.638. The summed E-state index contributed by atoms with van der Waals surface area (Å²) in [6, 6.07) is 20.0. The van der Waals surface area contributed by atoms with Crippen molar-refractivity contribution in [3.63, 3.8) is 0 Å². The standard InChI is InChI=1S/C20H22N2/c1-2-6-15(7-3-1)13-21-17-11-10-16(12-17)19-14-22-20-9-5-4-8-18(19)20/h1-9,14,16-17,21-22H,10-13H2/t16-,17+/m1/s1. The smallest absolute Gasteiger partial charge is 0.0456 e. The van der Waals surface area contributed by atoms with Crippen LogP contribution in [0.2, 0.25) is 0 Å². The van der Waals surface area contributed by atoms with E-state index in [-0.39, 0.29) is 0 Å². The van der Waals surface area contributed by atoms with Gasteiger partial charge in [0.2, 0.25) is 0 Å². The van der Waals surface area contributed by atoms with Crippen molar-refractivity contribution in [2.75, 3.05) is 0 Å². The minimum absolute atomic E-state index is 0.638. The molecule has 0 bridgehead atoms. The zero-order valence-corrected chi connectivity index (χ0v) is 12.8. The Labute approximate surface area is 131 Å². The van der Waals surface area contributed by atoms with E-state index in [4.69, 9.17) is 0 Å². The number of H-pyrrole nitrogens is 1. The number of nitrogens with one attached hydrogen (secondary N) is 2. The maximum Gasteiger partial charge on any atom is 0.0456 e. The van der Waals surface area contributed by atoms with Gasteiger partial charge >= 0.3 is 0 Å². The lowest BCUT2D eigenvalue weighted by atomic mass is 9.97. The Morgan fingerprint density at radius 1 is 0.955 bits per heavy atom. The number of aromatic amines is 1. The molecule has 2 atom stereocenters. The van der Waals surface area contributed by atoms with Gasteiger partial charge in [0.15, 0.2) is 0 Å². The molecule has 1 saturated carbocycles. The quantitative estimate of drug-likeness (QED) is 0.722. The molecule has 2 aromatic carbocycles. The highest BCUT2D eigenvalue weighted by Crippen LogP contribution is 2.37. The number of benzene rings is 2. The molecule has 0 spiro atoms. The second-order valence-electron chi connectivity index (χ2n) is 6.36. The lowest BCUT2D eigenvalue weighted by molar-refractivity contribution is 0.518. The first-order valence-electron chi connectivity index (χ1n) is 8.23. The summed E-state index contributed by atoms with van der Waals surface area (Å²) >= 11 is 0. The average molecular weight is 290 g/mol. The van der Waals surface area contributed by atoms with Gasteiger partial charge in [-0.2, -0.15) is 0 Å². The normalized spacial score (nSPS) is 21.5. The Balaban J connectivity index is 1.42. The predicted octanol–water partition coefficient (Wildman–Crippen LogP) is 4.59. The Hall–Kier alpha value is -2.06. The summed E-state index contributed by atoms with van der Waals surface area (Å²) in [6.45, 7) is 0.978. The molecule has 2 heteroatoms. The third kappa shape index (κ3) is 2.67. The van der Waals surface area contributed by atoms with E-state index in [9.17, 15) is 0 Å². The Morgan fingerprint density at radius 3 is 2.68 bits per heavy atom. The van der Waals surface area contributed by atoms with Crippen LogP contribution in [0.25, 0.3) is 10.9 Å². The van der Waals surface area contributed by atoms with Crippen molar-refractivity contribution in [1.82, 2.24) is 10.3 Å². The molecule has 4 rings (SSSR count). The van der Waals surface area contributed by atoms with Crippen molar-refractivity contribution in [2.45, 2.75) is 37.8 Å². The molecule has 1 heterocycles. The van der Waals surface area contributed by atoms with Gasteiger partial charge in [0.1, 0.15) is 0 Å². The molecule has 1 aromatic heterocycles. The third-order valence-corrected chi connectivity index (χ3v) is 4.93. The van der Waals surface area contributed by atoms with E-state index in [0.717, 1.165) is 6.54 Å². The highest BCUT2D eigenvalue weighted by molar-refractivity contribution is 5.83. The second-order valence-corrected chi connectivity index (χ2v) is 6.36. The third-order valence-electron chi connectivity index (χ3n) is 4.93. The van der Waals surface area contributed by atoms with Crippen LogP contribution in [0.5, 0.6) is 0 Å². The number of hydrogen-bond acceptors (Lipinski definition) is 1. The summed E-state index contributed by atoms with van der Waals surface area (Å²) in [5, 5.41) is 5.13. The lowest BCUT2D eigenvalue weighted by Crippen LogP contribution is -2.25. The van der Waals surface area contributed by atoms with Gasteiger partial charge in [-0.05, 0) is 42.4 Å². The molecule has 0 amide bonds. The van der Waals surface area contributed by atoms with Crippen molar-refractivity contribution >= 4 is 10.9 Å². The molecule has 0 radical (unpaired) electrons. The lowest BCUT2D eigenvalue weighted by Gasteiger charge is -2.13. The molecule has 3 aromatic rings. The van der Waals surface area contributed by atoms with Crippen LogP contribution in [0.1, 0.15) is 36.3 Å². The number of aromatic nitrogens is 1. The van der Waals surface area contributed by atoms with E-state index in [1.54, 1.807) is 0 Å². The predicted molar refractivity (Wildman–Crippen MR) is 92.0 cm³/mol. The Morgan fingerprint density at radius 2 is 1.77 bits per heavy atom. The van der Waals surface area contributed by atoms with Gasteiger partial charge in [-0.25, -0.2) is 0 Å². The molecule has 1 aliphatic carbocycles. The maximum atomic E-state index is 3.73. The second kappa shape index (κ2) is 5.98. The van der Waals surface area contributed by atoms with E-state index in [1.165, 1.54) is 41.3 Å². The first kappa shape index (κ1) is 13.6. The maximum absolute atomic E-state index is 3.73. The molecule has 0 unspecified atom stereocenters. The van der Waals surface area contributed by atoms with Crippen LogP contribution in [-0.4, -0.2) is 11.0 Å². The zero-order chi connectivity index (χ0) is 14.8. The zero-order valence-electron chi connectivity index (χ0n) is 12.8. The summed E-state index contributed by atoms with van der Waals surface area (Å²) in [4.78, 5) is 3.42. The molecule has 22 heavy (non-hydrogen) atoms. The minimum Gasteiger partial charge on any atom is -0.361 e. The number of fused-ring (bicyclic) bond motifs is 1. The molecule has 0 saturated heterocycles. The summed E-state index contributed by atoms with van der Waals surface area (Å²) in [5.41, 5.74) is 4.14. The van der Waals surface area contributed by atoms with E-state index in [1.807, 2.05) is 0 Å². The van der Waals surface area contributed by atoms with E-state index >= 15 is 0 Å². The highest BCUT2D eigenvalue weighted by Gasteiger charge is 2.27. The van der Waals surface area contributed by atoms with Crippen molar-refractivity contribution in [3.8, 4) is 0 Å². The van der Waals surface area contributed by atoms with Crippen LogP contribution in [0.3, 0.4) is 0 Å². The van der Waals surface area contributed by atoms with Crippen molar-refractivity contribution in [1.29, 1.82) is 0 Å². The largest absolute Gasteiger partial charge is 0.361 e. The number of rotatable bonds is 4. The van der Waals surface area contributed by atoms with Gasteiger partial charge in [-0.1, -0.05) is 48.5 Å². The van der Waals surface area contributed by atoms with Crippen LogP contribution in [-0.2, 0) is 6.54 Å². The molecule has 0 aliphatic heterocycles. The van der Waals surface area contributed by atoms with Gasteiger partial charge in [0.25, 0.3) is 0 Å². The summed E-state index contributed by atoms with van der Waals surface area (Å²) in [7, 11) is 0. The number of para-hydroxylation sites is 1. The summed E-state index contributed by atoms with van der Waals surface area (Å²) < 4.78 is 0. The Kier molecular flexibility index (Phi) is 3.69. The van der Waals surface area contributed by atoms with Crippen LogP contribution in [0.15, 0.2) is 60.8 Å². The summed E-state index contributed by atoms with van der Waals surface area (Å²) in [5.74, 6) is 0.685.